The molecule has 6 aromatic rings. The molecule has 1 unspecified atom stereocenters. The second kappa shape index (κ2) is 18.3. The van der Waals surface area contributed by atoms with Gasteiger partial charge in [0.05, 0.1) is 6.20 Å². The number of rotatable bonds is 9. The summed E-state index contributed by atoms with van der Waals surface area (Å²) >= 11 is 0. The zero-order valence-electron chi connectivity index (χ0n) is 31.5. The Morgan fingerprint density at radius 2 is 0.766 bits per heavy atom. The molecule has 0 saturated heterocycles. The normalized spacial score (nSPS) is 12.0. The van der Waals surface area contributed by atoms with Crippen molar-refractivity contribution in [2.45, 2.75) is 32.7 Å². The molecule has 0 bridgehead atoms. The van der Waals surface area contributed by atoms with Crippen LogP contribution in [0.25, 0.3) is 0 Å². The summed E-state index contributed by atoms with van der Waals surface area (Å²) < 4.78 is 296. The van der Waals surface area contributed by atoms with E-state index in [9.17, 15) is 57.5 Å². The Morgan fingerprint density at radius 1 is 0.484 bits per heavy atom. The van der Waals surface area contributed by atoms with E-state index in [1.807, 2.05) is 47.3 Å². The molecule has 0 N–H and O–H groups in total. The second-order valence-electron chi connectivity index (χ2n) is 13.6. The van der Waals surface area contributed by atoms with Gasteiger partial charge in [-0.25, -0.2) is 92.8 Å². The summed E-state index contributed by atoms with van der Waals surface area (Å²) in [4.78, 5) is 16.5. The maximum Gasteiger partial charge on any atom is 0.227 e. The SMILES string of the molecule is CCC(C)c1c[n+](CC(=O)c2ccccc2)ccn1.Fc1c(F)c(F)c([B-](c2c(F)c(F)c(F)c(F)c2F)(c2c(F)c(F)c(F)c(F)c2F)c2c(F)c(F)c(F)c(F)c2F)c(F)c1F. The van der Waals surface area contributed by atoms with Crippen molar-refractivity contribution in [3.63, 3.8) is 0 Å². The number of aromatic nitrogens is 2. The first-order chi connectivity index (χ1) is 29.9. The van der Waals surface area contributed by atoms with Crippen LogP contribution in [-0.2, 0) is 6.54 Å². The Kier molecular flexibility index (Phi) is 13.9. The predicted molar refractivity (Wildman–Crippen MR) is 183 cm³/mol. The number of carbonyl (C=O) groups is 1. The summed E-state index contributed by atoms with van der Waals surface area (Å²) in [5.74, 6) is -70.9. The maximum atomic E-state index is 15.4. The van der Waals surface area contributed by atoms with Gasteiger partial charge >= 0.3 is 0 Å². The van der Waals surface area contributed by atoms with Crippen molar-refractivity contribution in [3.05, 3.63) is 177 Å². The summed E-state index contributed by atoms with van der Waals surface area (Å²) in [5, 5.41) is 0. The quantitative estimate of drug-likeness (QED) is 0.0364. The number of Topliss-reactive ketones (excluding diaryl/α,β-unsaturated/α-hetero) is 1. The van der Waals surface area contributed by atoms with Gasteiger partial charge < -0.3 is 0 Å². The van der Waals surface area contributed by atoms with Crippen LogP contribution in [0, 0.1) is 116 Å². The predicted octanol–water partition coefficient (Wildman–Crippen LogP) is 8.61. The summed E-state index contributed by atoms with van der Waals surface area (Å²) in [6.07, 6.45) is -0.601. The van der Waals surface area contributed by atoms with Crippen LogP contribution in [0.2, 0.25) is 0 Å². The molecule has 3 nitrogen and oxygen atoms in total. The van der Waals surface area contributed by atoms with Crippen LogP contribution in [0.5, 0.6) is 0 Å². The van der Waals surface area contributed by atoms with Crippen molar-refractivity contribution in [2.75, 3.05) is 0 Å². The zero-order valence-corrected chi connectivity index (χ0v) is 31.5. The fraction of sp³-hybridized carbons (Fsp3) is 0.125. The number of carbonyl (C=O) groups excluding carboxylic acids is 1. The Balaban J connectivity index is 0.000000337. The van der Waals surface area contributed by atoms with Crippen LogP contribution in [-0.4, -0.2) is 16.9 Å². The van der Waals surface area contributed by atoms with Gasteiger partial charge in [-0.3, -0.25) is 4.79 Å². The fourth-order valence-corrected chi connectivity index (χ4v) is 6.77. The highest BCUT2D eigenvalue weighted by Crippen LogP contribution is 2.31. The first kappa shape index (κ1) is 48.5. The summed E-state index contributed by atoms with van der Waals surface area (Å²) in [6, 6.07) is 9.38. The highest BCUT2D eigenvalue weighted by molar-refractivity contribution is 7.20. The molecule has 0 spiro atoms. The maximum absolute atomic E-state index is 15.4. The lowest BCUT2D eigenvalue weighted by atomic mass is 9.12. The molecule has 0 radical (unpaired) electrons. The molecule has 1 heterocycles. The third kappa shape index (κ3) is 7.79. The minimum atomic E-state index is -7.22. The minimum absolute atomic E-state index is 0.118. The first-order valence-electron chi connectivity index (χ1n) is 17.6. The number of hydrogen-bond acceptors (Lipinski definition) is 2. The summed E-state index contributed by atoms with van der Waals surface area (Å²) in [5.41, 5.74) is -12.5. The van der Waals surface area contributed by atoms with E-state index in [1.54, 1.807) is 6.20 Å². The van der Waals surface area contributed by atoms with E-state index in [1.165, 1.54) is 0 Å². The Bertz CT molecular complexity index is 2460. The molecule has 0 amide bonds. The molecule has 0 aliphatic heterocycles. The summed E-state index contributed by atoms with van der Waals surface area (Å²) in [7, 11) is 0. The standard InChI is InChI=1S/C24BF20.C16H19N2O/c26-5-1(6(27)14(35)21(42)13(5)34)25(2-7(28)15(36)22(43)16(37)8(2)29,3-9(30)17(38)23(44)18(39)10(3)31)4-11(32)19(40)24(45)20(41)12(4)33;1-3-13(2)15-11-18(10-9-17-15)12-16(19)14-7-5-4-6-8-14/h;4-11,13H,3,12H2,1-2H3/q-1;+1. The number of halogens is 20. The number of nitrogens with zero attached hydrogens (tertiary/aromatic N) is 2. The molecule has 1 aromatic heterocycles. The lowest BCUT2D eigenvalue weighted by Gasteiger charge is -2.44. The molecule has 1 atom stereocenters. The number of ketones is 1. The molecule has 338 valence electrons. The largest absolute Gasteiger partial charge is 0.287 e. The van der Waals surface area contributed by atoms with E-state index >= 15 is 35.1 Å². The van der Waals surface area contributed by atoms with Crippen LogP contribution in [0.3, 0.4) is 0 Å². The van der Waals surface area contributed by atoms with E-state index in [4.69, 9.17) is 0 Å². The van der Waals surface area contributed by atoms with Crippen molar-refractivity contribution in [2.24, 2.45) is 0 Å². The van der Waals surface area contributed by atoms with Crippen molar-refractivity contribution >= 4 is 33.8 Å². The van der Waals surface area contributed by atoms with Gasteiger partial charge in [-0.15, -0.1) is 21.9 Å². The van der Waals surface area contributed by atoms with E-state index in [0.29, 0.717) is 12.5 Å². The Morgan fingerprint density at radius 3 is 1.05 bits per heavy atom. The van der Waals surface area contributed by atoms with Gasteiger partial charge in [0.2, 0.25) is 12.3 Å². The van der Waals surface area contributed by atoms with Crippen LogP contribution in [0.15, 0.2) is 48.9 Å². The number of benzene rings is 5. The molecule has 0 aliphatic carbocycles. The van der Waals surface area contributed by atoms with Crippen molar-refractivity contribution in [1.29, 1.82) is 0 Å². The van der Waals surface area contributed by atoms with Gasteiger partial charge in [-0.05, 0) is 6.42 Å². The van der Waals surface area contributed by atoms with E-state index in [-0.39, 0.29) is 5.78 Å². The molecule has 0 aliphatic rings. The molecular weight excluding hydrogens is 915 g/mol. The topological polar surface area (TPSA) is 33.8 Å². The molecule has 5 aromatic carbocycles. The molecule has 0 saturated carbocycles. The van der Waals surface area contributed by atoms with Gasteiger partial charge in [-0.1, -0.05) is 44.2 Å². The lowest BCUT2D eigenvalue weighted by molar-refractivity contribution is -0.684. The van der Waals surface area contributed by atoms with E-state index in [2.05, 4.69) is 18.8 Å². The van der Waals surface area contributed by atoms with Crippen LogP contribution < -0.4 is 26.4 Å². The first-order valence-corrected chi connectivity index (χ1v) is 17.6. The summed E-state index contributed by atoms with van der Waals surface area (Å²) in [6.45, 7) is 4.64. The number of hydrogen-bond donors (Lipinski definition) is 0. The van der Waals surface area contributed by atoms with E-state index < -0.39 is 144 Å². The van der Waals surface area contributed by atoms with Gasteiger partial charge in [0.15, 0.2) is 82.2 Å². The third-order valence-corrected chi connectivity index (χ3v) is 10.0. The van der Waals surface area contributed by atoms with Crippen molar-refractivity contribution in [3.8, 4) is 0 Å². The van der Waals surface area contributed by atoms with Gasteiger partial charge in [0, 0.05) is 11.5 Å². The second-order valence-corrected chi connectivity index (χ2v) is 13.6. The molecule has 24 heteroatoms. The Hall–Kier alpha value is -6.49. The minimum Gasteiger partial charge on any atom is -0.287 e. The van der Waals surface area contributed by atoms with Gasteiger partial charge in [0.25, 0.3) is 0 Å². The average Bonchev–Trinajstić information content (AvgIpc) is 3.29. The lowest BCUT2D eigenvalue weighted by Crippen LogP contribution is -2.81. The van der Waals surface area contributed by atoms with Crippen LogP contribution in [0.1, 0.15) is 42.2 Å². The fourth-order valence-electron chi connectivity index (χ4n) is 6.77. The van der Waals surface area contributed by atoms with E-state index in [0.717, 1.165) is 17.7 Å². The Labute approximate surface area is 345 Å². The zero-order chi connectivity index (χ0) is 48.0. The smallest absolute Gasteiger partial charge is 0.227 e. The highest BCUT2D eigenvalue weighted by Gasteiger charge is 2.52. The van der Waals surface area contributed by atoms with Crippen LogP contribution in [0.4, 0.5) is 87.8 Å². The molecular formula is C40H19BF20N2O. The molecule has 64 heavy (non-hydrogen) atoms. The highest BCUT2D eigenvalue weighted by atomic mass is 19.2. The molecule has 0 fully saturated rings. The molecule has 6 rings (SSSR count). The van der Waals surface area contributed by atoms with Gasteiger partial charge in [0.1, 0.15) is 58.4 Å². The van der Waals surface area contributed by atoms with Crippen molar-refractivity contribution in [1.82, 2.24) is 4.98 Å². The monoisotopic (exact) mass is 934 g/mol. The van der Waals surface area contributed by atoms with Gasteiger partial charge in [-0.2, -0.15) is 4.57 Å². The average molecular weight is 934 g/mol. The third-order valence-electron chi connectivity index (χ3n) is 10.0. The van der Waals surface area contributed by atoms with Crippen molar-refractivity contribution < 1.29 is 97.2 Å². The van der Waals surface area contributed by atoms with Crippen LogP contribution >= 0.6 is 0 Å².